The molecule has 1 aliphatic carbocycles. The molecule has 3 heterocycles. The fourth-order valence-corrected chi connectivity index (χ4v) is 6.45. The molecule has 3 unspecified atom stereocenters. The Kier molecular flexibility index (Phi) is 7.69. The van der Waals surface area contributed by atoms with Gasteiger partial charge in [0.15, 0.2) is 15.8 Å². The summed E-state index contributed by atoms with van der Waals surface area (Å²) in [6.45, 7) is 4.47. The van der Waals surface area contributed by atoms with Crippen LogP contribution in [0.3, 0.4) is 0 Å². The van der Waals surface area contributed by atoms with Crippen molar-refractivity contribution in [2.75, 3.05) is 44.3 Å². The first-order valence-electron chi connectivity index (χ1n) is 10.4. The van der Waals surface area contributed by atoms with Gasteiger partial charge in [-0.25, -0.2) is 8.42 Å². The number of likely N-dealkylation sites (tertiary alicyclic amines) is 1. The van der Waals surface area contributed by atoms with E-state index >= 15 is 0 Å². The van der Waals surface area contributed by atoms with Gasteiger partial charge in [-0.2, -0.15) is 0 Å². The summed E-state index contributed by atoms with van der Waals surface area (Å²) in [5, 5.41) is 3.56. The lowest BCUT2D eigenvalue weighted by Gasteiger charge is -2.27. The van der Waals surface area contributed by atoms with Crippen molar-refractivity contribution >= 4 is 39.8 Å². The fourth-order valence-electron chi connectivity index (χ4n) is 4.60. The molecule has 8 heteroatoms. The summed E-state index contributed by atoms with van der Waals surface area (Å²) in [6.07, 6.45) is 8.63. The van der Waals surface area contributed by atoms with E-state index in [9.17, 15) is 8.42 Å². The number of sulfone groups is 1. The van der Waals surface area contributed by atoms with E-state index in [0.717, 1.165) is 56.9 Å². The highest BCUT2D eigenvalue weighted by Gasteiger charge is 2.37. The van der Waals surface area contributed by atoms with Gasteiger partial charge >= 0.3 is 0 Å². The molecule has 0 aromatic carbocycles. The lowest BCUT2D eigenvalue weighted by Crippen LogP contribution is -2.44. The molecule has 6 nitrogen and oxygen atoms in total. The van der Waals surface area contributed by atoms with Gasteiger partial charge in [0.2, 0.25) is 0 Å². The molecule has 4 aliphatic rings. The SMILES string of the molecule is I.O=S1(=O)CCC(CN=C(NCC2CCCCO2)N2CCC(C3CC3)C2)C1. The number of hydrogen-bond acceptors (Lipinski definition) is 4. The molecule has 3 saturated heterocycles. The monoisotopic (exact) mass is 511 g/mol. The molecule has 0 aromatic heterocycles. The zero-order valence-corrected chi connectivity index (χ0v) is 19.3. The van der Waals surface area contributed by atoms with Crippen molar-refractivity contribution < 1.29 is 13.2 Å². The molecule has 0 amide bonds. The number of nitrogens with zero attached hydrogens (tertiary/aromatic N) is 2. The van der Waals surface area contributed by atoms with Gasteiger partial charge in [-0.15, -0.1) is 24.0 Å². The summed E-state index contributed by atoms with van der Waals surface area (Å²) < 4.78 is 29.3. The van der Waals surface area contributed by atoms with Gasteiger partial charge in [-0.1, -0.05) is 0 Å². The van der Waals surface area contributed by atoms with Crippen molar-refractivity contribution in [2.45, 2.75) is 51.0 Å². The smallest absolute Gasteiger partial charge is 0.194 e. The summed E-state index contributed by atoms with van der Waals surface area (Å²) in [5.74, 6) is 3.55. The summed E-state index contributed by atoms with van der Waals surface area (Å²) in [5.41, 5.74) is 0. The van der Waals surface area contributed by atoms with Crippen molar-refractivity contribution in [3.05, 3.63) is 0 Å². The minimum Gasteiger partial charge on any atom is -0.376 e. The maximum absolute atomic E-state index is 11.7. The van der Waals surface area contributed by atoms with Crippen LogP contribution in [0.15, 0.2) is 4.99 Å². The Morgan fingerprint density at radius 3 is 2.63 bits per heavy atom. The second-order valence-corrected chi connectivity index (χ2v) is 10.9. The van der Waals surface area contributed by atoms with E-state index in [-0.39, 0.29) is 36.0 Å². The van der Waals surface area contributed by atoms with Gasteiger partial charge in [-0.05, 0) is 62.7 Å². The lowest BCUT2D eigenvalue weighted by atomic mass is 10.0. The maximum atomic E-state index is 11.7. The molecule has 3 atom stereocenters. The largest absolute Gasteiger partial charge is 0.376 e. The second kappa shape index (κ2) is 9.61. The molecule has 0 aromatic rings. The lowest BCUT2D eigenvalue weighted by molar-refractivity contribution is 0.0191. The Morgan fingerprint density at radius 1 is 1.11 bits per heavy atom. The van der Waals surface area contributed by atoms with E-state index in [1.54, 1.807) is 0 Å². The molecular formula is C19H34IN3O3S. The Hall–Kier alpha value is -0.0900. The third-order valence-corrected chi connectivity index (χ3v) is 8.24. The third-order valence-electron chi connectivity index (χ3n) is 6.40. The normalized spacial score (nSPS) is 33.7. The molecule has 1 N–H and O–H groups in total. The Balaban J connectivity index is 0.00000210. The van der Waals surface area contributed by atoms with Crippen LogP contribution in [0, 0.1) is 17.8 Å². The van der Waals surface area contributed by atoms with Crippen molar-refractivity contribution in [1.82, 2.24) is 10.2 Å². The van der Waals surface area contributed by atoms with Gasteiger partial charge in [0.1, 0.15) is 0 Å². The Labute approximate surface area is 180 Å². The van der Waals surface area contributed by atoms with Crippen LogP contribution in [0.2, 0.25) is 0 Å². The zero-order chi connectivity index (χ0) is 18.0. The predicted octanol–water partition coefficient (Wildman–Crippen LogP) is 2.29. The van der Waals surface area contributed by atoms with E-state index in [1.807, 2.05) is 0 Å². The molecule has 1 saturated carbocycles. The number of guanidine groups is 1. The topological polar surface area (TPSA) is 71.0 Å². The first-order valence-corrected chi connectivity index (χ1v) is 12.3. The Morgan fingerprint density at radius 2 is 1.96 bits per heavy atom. The van der Waals surface area contributed by atoms with E-state index in [1.165, 1.54) is 32.1 Å². The standard InChI is InChI=1S/C19H33N3O3S.HI/c23-26(24)10-7-15(14-26)11-20-19(21-12-18-3-1-2-9-25-18)22-8-6-17(13-22)16-4-5-16;/h15-18H,1-14H2,(H,20,21);1H. The number of rotatable bonds is 5. The summed E-state index contributed by atoms with van der Waals surface area (Å²) in [4.78, 5) is 7.26. The van der Waals surface area contributed by atoms with Gasteiger partial charge in [-0.3, -0.25) is 4.99 Å². The summed E-state index contributed by atoms with van der Waals surface area (Å²) >= 11 is 0. The number of hydrogen-bond donors (Lipinski definition) is 1. The Bertz CT molecular complexity index is 618. The molecule has 0 bridgehead atoms. The van der Waals surface area contributed by atoms with Crippen LogP contribution >= 0.6 is 24.0 Å². The molecule has 156 valence electrons. The molecule has 27 heavy (non-hydrogen) atoms. The quantitative estimate of drug-likeness (QED) is 0.349. The van der Waals surface area contributed by atoms with Crippen LogP contribution in [0.4, 0.5) is 0 Å². The van der Waals surface area contributed by atoms with Crippen LogP contribution in [-0.2, 0) is 14.6 Å². The number of aliphatic imine (C=N–C) groups is 1. The average molecular weight is 511 g/mol. The van der Waals surface area contributed by atoms with Crippen LogP contribution in [-0.4, -0.2) is 69.7 Å². The minimum atomic E-state index is -2.83. The maximum Gasteiger partial charge on any atom is 0.194 e. The number of ether oxygens (including phenoxy) is 1. The first-order chi connectivity index (χ1) is 12.6. The van der Waals surface area contributed by atoms with Crippen LogP contribution in [0.5, 0.6) is 0 Å². The molecule has 4 fully saturated rings. The third kappa shape index (κ3) is 6.19. The van der Waals surface area contributed by atoms with Gasteiger partial charge in [0.05, 0.1) is 17.6 Å². The van der Waals surface area contributed by atoms with Crippen LogP contribution < -0.4 is 5.32 Å². The predicted molar refractivity (Wildman–Crippen MR) is 118 cm³/mol. The van der Waals surface area contributed by atoms with E-state index in [2.05, 4.69) is 10.2 Å². The van der Waals surface area contributed by atoms with Gasteiger partial charge in [0.25, 0.3) is 0 Å². The number of nitrogens with one attached hydrogen (secondary N) is 1. The van der Waals surface area contributed by atoms with Crippen molar-refractivity contribution in [3.8, 4) is 0 Å². The molecule has 3 aliphatic heterocycles. The second-order valence-electron chi connectivity index (χ2n) is 8.64. The molecular weight excluding hydrogens is 477 g/mol. The summed E-state index contributed by atoms with van der Waals surface area (Å²) in [6, 6.07) is 0. The van der Waals surface area contributed by atoms with Crippen molar-refractivity contribution in [1.29, 1.82) is 0 Å². The van der Waals surface area contributed by atoms with E-state index in [0.29, 0.717) is 18.1 Å². The minimum absolute atomic E-state index is 0. The fraction of sp³-hybridized carbons (Fsp3) is 0.947. The average Bonchev–Trinajstić information content (AvgIpc) is 3.27. The first kappa shape index (κ1) is 21.6. The molecule has 0 radical (unpaired) electrons. The summed E-state index contributed by atoms with van der Waals surface area (Å²) in [7, 11) is -2.83. The highest BCUT2D eigenvalue weighted by molar-refractivity contribution is 14.0. The highest BCUT2D eigenvalue weighted by atomic mass is 127. The van der Waals surface area contributed by atoms with Crippen molar-refractivity contribution in [3.63, 3.8) is 0 Å². The van der Waals surface area contributed by atoms with Crippen LogP contribution in [0.1, 0.15) is 44.9 Å². The molecule has 0 spiro atoms. The molecule has 4 rings (SSSR count). The van der Waals surface area contributed by atoms with Crippen molar-refractivity contribution in [2.24, 2.45) is 22.7 Å². The number of halogens is 1. The highest BCUT2D eigenvalue weighted by Crippen LogP contribution is 2.41. The zero-order valence-electron chi connectivity index (χ0n) is 16.1. The van der Waals surface area contributed by atoms with Crippen LogP contribution in [0.25, 0.3) is 0 Å². The van der Waals surface area contributed by atoms with E-state index < -0.39 is 9.84 Å². The van der Waals surface area contributed by atoms with E-state index in [4.69, 9.17) is 9.73 Å². The van der Waals surface area contributed by atoms with Gasteiger partial charge < -0.3 is 15.0 Å². The van der Waals surface area contributed by atoms with Gasteiger partial charge in [0, 0.05) is 32.8 Å².